The Labute approximate surface area is 141 Å². The third-order valence-electron chi connectivity index (χ3n) is 4.46. The molecule has 1 N–H and O–H groups in total. The number of aromatic amines is 1. The quantitative estimate of drug-likeness (QED) is 0.910. The third-order valence-corrected chi connectivity index (χ3v) is 4.46. The first-order valence-electron chi connectivity index (χ1n) is 8.10. The van der Waals surface area contributed by atoms with Crippen molar-refractivity contribution in [1.29, 1.82) is 0 Å². The summed E-state index contributed by atoms with van der Waals surface area (Å²) in [6, 6.07) is 7.52. The number of methoxy groups -OCH3 is 2. The van der Waals surface area contributed by atoms with Gasteiger partial charge in [-0.3, -0.25) is 9.69 Å². The fourth-order valence-corrected chi connectivity index (χ4v) is 3.25. The zero-order valence-electron chi connectivity index (χ0n) is 14.3. The van der Waals surface area contributed by atoms with Crippen LogP contribution in [-0.2, 0) is 6.54 Å². The number of hydrogen-bond acceptors (Lipinski definition) is 5. The lowest BCUT2D eigenvalue weighted by atomic mass is 10.0. The maximum absolute atomic E-state index is 11.6. The lowest BCUT2D eigenvalue weighted by Crippen LogP contribution is -2.21. The van der Waals surface area contributed by atoms with Crippen LogP contribution in [0.2, 0.25) is 0 Å². The molecule has 6 heteroatoms. The standard InChI is InChI=1S/C18H23N3O3/c1-12-19-16(9-18(22)20-12)13-6-7-21(10-13)11-14-4-5-15(23-2)8-17(14)24-3/h4-5,8-9,13H,6-7,10-11H2,1-3H3,(H,19,20,22)/t13-/m0/s1. The van der Waals surface area contributed by atoms with E-state index in [4.69, 9.17) is 9.47 Å². The zero-order chi connectivity index (χ0) is 17.1. The Hall–Kier alpha value is -2.34. The highest BCUT2D eigenvalue weighted by Crippen LogP contribution is 2.30. The van der Waals surface area contributed by atoms with Crippen LogP contribution >= 0.6 is 0 Å². The average molecular weight is 329 g/mol. The number of nitrogens with one attached hydrogen (secondary N) is 1. The molecular weight excluding hydrogens is 306 g/mol. The molecule has 24 heavy (non-hydrogen) atoms. The predicted octanol–water partition coefficient (Wildman–Crippen LogP) is 2.09. The Morgan fingerprint density at radius 3 is 2.83 bits per heavy atom. The van der Waals surface area contributed by atoms with Crippen molar-refractivity contribution in [2.75, 3.05) is 27.3 Å². The topological polar surface area (TPSA) is 67.5 Å². The number of benzene rings is 1. The molecule has 0 bridgehead atoms. The van der Waals surface area contributed by atoms with Crippen molar-refractivity contribution < 1.29 is 9.47 Å². The van der Waals surface area contributed by atoms with E-state index in [9.17, 15) is 4.79 Å². The van der Waals surface area contributed by atoms with Gasteiger partial charge >= 0.3 is 0 Å². The first-order valence-corrected chi connectivity index (χ1v) is 8.10. The fourth-order valence-electron chi connectivity index (χ4n) is 3.25. The van der Waals surface area contributed by atoms with E-state index < -0.39 is 0 Å². The highest BCUT2D eigenvalue weighted by molar-refractivity contribution is 5.40. The van der Waals surface area contributed by atoms with Gasteiger partial charge in [0.2, 0.25) is 0 Å². The van der Waals surface area contributed by atoms with Crippen molar-refractivity contribution in [3.05, 3.63) is 51.7 Å². The second-order valence-corrected chi connectivity index (χ2v) is 6.15. The van der Waals surface area contributed by atoms with Gasteiger partial charge in [0.25, 0.3) is 5.56 Å². The van der Waals surface area contributed by atoms with Gasteiger partial charge in [0.15, 0.2) is 0 Å². The maximum Gasteiger partial charge on any atom is 0.251 e. The van der Waals surface area contributed by atoms with Gasteiger partial charge in [-0.2, -0.15) is 0 Å². The molecule has 1 aliphatic rings. The molecule has 0 amide bonds. The second-order valence-electron chi connectivity index (χ2n) is 6.15. The molecule has 0 saturated carbocycles. The summed E-state index contributed by atoms with van der Waals surface area (Å²) in [7, 11) is 3.32. The second kappa shape index (κ2) is 7.05. The van der Waals surface area contributed by atoms with Crippen LogP contribution in [0.5, 0.6) is 11.5 Å². The summed E-state index contributed by atoms with van der Waals surface area (Å²) in [5.41, 5.74) is 1.95. The molecule has 6 nitrogen and oxygen atoms in total. The first kappa shape index (κ1) is 16.5. The molecule has 1 aromatic heterocycles. The van der Waals surface area contributed by atoms with E-state index in [1.807, 2.05) is 25.1 Å². The van der Waals surface area contributed by atoms with Gasteiger partial charge in [-0.05, 0) is 26.0 Å². The minimum absolute atomic E-state index is 0.0761. The molecule has 0 radical (unpaired) electrons. The smallest absolute Gasteiger partial charge is 0.251 e. The van der Waals surface area contributed by atoms with Crippen molar-refractivity contribution in [2.24, 2.45) is 0 Å². The first-order chi connectivity index (χ1) is 11.6. The minimum Gasteiger partial charge on any atom is -0.497 e. The monoisotopic (exact) mass is 329 g/mol. The number of aryl methyl sites for hydroxylation is 1. The molecular formula is C18H23N3O3. The number of likely N-dealkylation sites (tertiary alicyclic amines) is 1. The third kappa shape index (κ3) is 3.59. The largest absolute Gasteiger partial charge is 0.497 e. The number of aromatic nitrogens is 2. The molecule has 1 saturated heterocycles. The van der Waals surface area contributed by atoms with Crippen LogP contribution in [0.25, 0.3) is 0 Å². The highest BCUT2D eigenvalue weighted by Gasteiger charge is 2.26. The van der Waals surface area contributed by atoms with Crippen molar-refractivity contribution in [1.82, 2.24) is 14.9 Å². The van der Waals surface area contributed by atoms with Crippen molar-refractivity contribution in [3.63, 3.8) is 0 Å². The normalized spacial score (nSPS) is 17.9. The minimum atomic E-state index is -0.0761. The molecule has 0 aliphatic carbocycles. The molecule has 1 aromatic carbocycles. The van der Waals surface area contributed by atoms with Gasteiger partial charge in [0.1, 0.15) is 17.3 Å². The summed E-state index contributed by atoms with van der Waals surface area (Å²) >= 11 is 0. The van der Waals surface area contributed by atoms with Crippen LogP contribution in [-0.4, -0.2) is 42.2 Å². The summed E-state index contributed by atoms with van der Waals surface area (Å²) in [6.45, 7) is 4.50. The van der Waals surface area contributed by atoms with E-state index in [2.05, 4.69) is 14.9 Å². The molecule has 128 valence electrons. The highest BCUT2D eigenvalue weighted by atomic mass is 16.5. The Bertz CT molecular complexity index is 772. The lowest BCUT2D eigenvalue weighted by molar-refractivity contribution is 0.315. The van der Waals surface area contributed by atoms with Gasteiger partial charge < -0.3 is 14.5 Å². The lowest BCUT2D eigenvalue weighted by Gasteiger charge is -2.18. The Kier molecular flexibility index (Phi) is 4.85. The van der Waals surface area contributed by atoms with E-state index in [0.29, 0.717) is 11.7 Å². The van der Waals surface area contributed by atoms with Gasteiger partial charge in [-0.25, -0.2) is 4.98 Å². The maximum atomic E-state index is 11.6. The predicted molar refractivity (Wildman–Crippen MR) is 91.8 cm³/mol. The van der Waals surface area contributed by atoms with Crippen molar-refractivity contribution in [3.8, 4) is 11.5 Å². The van der Waals surface area contributed by atoms with Gasteiger partial charge in [-0.15, -0.1) is 0 Å². The van der Waals surface area contributed by atoms with Crippen LogP contribution in [0.4, 0.5) is 0 Å². The van der Waals surface area contributed by atoms with Crippen LogP contribution in [0.1, 0.15) is 29.4 Å². The molecule has 3 rings (SSSR count). The molecule has 2 aromatic rings. The molecule has 1 fully saturated rings. The Balaban J connectivity index is 1.71. The van der Waals surface area contributed by atoms with Crippen LogP contribution in [0.15, 0.2) is 29.1 Å². The fraction of sp³-hybridized carbons (Fsp3) is 0.444. The van der Waals surface area contributed by atoms with E-state index in [0.717, 1.165) is 48.8 Å². The number of ether oxygens (including phenoxy) is 2. The van der Waals surface area contributed by atoms with Crippen LogP contribution < -0.4 is 15.0 Å². The summed E-state index contributed by atoms with van der Waals surface area (Å²) in [6.07, 6.45) is 1.01. The molecule has 0 spiro atoms. The van der Waals surface area contributed by atoms with Crippen LogP contribution in [0.3, 0.4) is 0 Å². The van der Waals surface area contributed by atoms with E-state index >= 15 is 0 Å². The van der Waals surface area contributed by atoms with Gasteiger partial charge in [0.05, 0.1) is 19.9 Å². The Morgan fingerprint density at radius 2 is 2.12 bits per heavy atom. The number of rotatable bonds is 5. The van der Waals surface area contributed by atoms with Gasteiger partial charge in [-0.1, -0.05) is 6.07 Å². The van der Waals surface area contributed by atoms with Crippen molar-refractivity contribution in [2.45, 2.75) is 25.8 Å². The summed E-state index contributed by atoms with van der Waals surface area (Å²) in [5, 5.41) is 0. The molecule has 1 atom stereocenters. The Morgan fingerprint density at radius 1 is 1.29 bits per heavy atom. The van der Waals surface area contributed by atoms with Crippen molar-refractivity contribution >= 4 is 0 Å². The molecule has 1 aliphatic heterocycles. The van der Waals surface area contributed by atoms with E-state index in [-0.39, 0.29) is 5.56 Å². The number of H-pyrrole nitrogens is 1. The van der Waals surface area contributed by atoms with Gasteiger partial charge in [0, 0.05) is 36.7 Å². The summed E-state index contributed by atoms with van der Waals surface area (Å²) in [4.78, 5) is 21.2. The summed E-state index contributed by atoms with van der Waals surface area (Å²) in [5.74, 6) is 2.60. The van der Waals surface area contributed by atoms with E-state index in [1.165, 1.54) is 0 Å². The molecule has 2 heterocycles. The number of nitrogens with zero attached hydrogens (tertiary/aromatic N) is 2. The molecule has 0 unspecified atom stereocenters. The zero-order valence-corrected chi connectivity index (χ0v) is 14.3. The summed E-state index contributed by atoms with van der Waals surface area (Å²) < 4.78 is 10.7. The van der Waals surface area contributed by atoms with E-state index in [1.54, 1.807) is 20.3 Å². The SMILES string of the molecule is COc1ccc(CN2CC[C@H](c3cc(=O)[nH]c(C)n3)C2)c(OC)c1. The number of hydrogen-bond donors (Lipinski definition) is 1. The average Bonchev–Trinajstić information content (AvgIpc) is 3.03. The van der Waals surface area contributed by atoms with Crippen LogP contribution in [0, 0.1) is 6.92 Å².